The van der Waals surface area contributed by atoms with Crippen LogP contribution < -0.4 is 14.4 Å². The van der Waals surface area contributed by atoms with Gasteiger partial charge in [-0.1, -0.05) is 18.2 Å². The van der Waals surface area contributed by atoms with Crippen LogP contribution in [0.3, 0.4) is 0 Å². The summed E-state index contributed by atoms with van der Waals surface area (Å²) in [6.07, 6.45) is 0.743. The van der Waals surface area contributed by atoms with Gasteiger partial charge in [-0.15, -0.1) is 0 Å². The lowest BCUT2D eigenvalue weighted by atomic mass is 10.1. The molecule has 1 fully saturated rings. The van der Waals surface area contributed by atoms with Crippen molar-refractivity contribution < 1.29 is 17.9 Å². The van der Waals surface area contributed by atoms with E-state index in [-0.39, 0.29) is 5.91 Å². The van der Waals surface area contributed by atoms with Crippen molar-refractivity contribution in [1.82, 2.24) is 4.90 Å². The smallest absolute Gasteiger partial charge is 0.241 e. The number of benzene rings is 2. The topological polar surface area (TPSA) is 79.0 Å². The van der Waals surface area contributed by atoms with Gasteiger partial charge in [-0.25, -0.2) is 8.42 Å². The van der Waals surface area contributed by atoms with E-state index >= 15 is 0 Å². The molecule has 7 nitrogen and oxygen atoms in total. The van der Waals surface area contributed by atoms with Crippen LogP contribution in [-0.4, -0.2) is 56.8 Å². The molecule has 2 aromatic rings. The highest BCUT2D eigenvalue weighted by Crippen LogP contribution is 2.33. The van der Waals surface area contributed by atoms with E-state index in [0.717, 1.165) is 23.4 Å². The summed E-state index contributed by atoms with van der Waals surface area (Å²) >= 11 is 0. The molecule has 1 atom stereocenters. The summed E-state index contributed by atoms with van der Waals surface area (Å²) in [5, 5.41) is 2.40. The molecule has 0 aromatic heterocycles. The third-order valence-electron chi connectivity index (χ3n) is 5.81. The van der Waals surface area contributed by atoms with Gasteiger partial charge in [-0.05, 0) is 56.2 Å². The van der Waals surface area contributed by atoms with E-state index in [1.165, 1.54) is 4.31 Å². The molecule has 4 rings (SSSR count). The van der Waals surface area contributed by atoms with Gasteiger partial charge in [0.2, 0.25) is 15.9 Å². The fourth-order valence-electron chi connectivity index (χ4n) is 3.94. The van der Waals surface area contributed by atoms with Crippen LogP contribution >= 0.6 is 0 Å². The third-order valence-corrected chi connectivity index (χ3v) is 7.94. The minimum atomic E-state index is -3.43. The van der Waals surface area contributed by atoms with Crippen LogP contribution in [-0.2, 0) is 21.2 Å². The molecule has 30 heavy (non-hydrogen) atoms. The van der Waals surface area contributed by atoms with E-state index in [2.05, 4.69) is 5.32 Å². The van der Waals surface area contributed by atoms with Crippen LogP contribution in [0, 0.1) is 0 Å². The van der Waals surface area contributed by atoms with Gasteiger partial charge in [-0.2, -0.15) is 0 Å². The Kier molecular flexibility index (Phi) is 5.71. The molecule has 0 spiro atoms. The van der Waals surface area contributed by atoms with Crippen LogP contribution in [0.15, 0.2) is 48.5 Å². The molecular formula is C22H27N3O4S. The van der Waals surface area contributed by atoms with Gasteiger partial charge >= 0.3 is 0 Å². The molecule has 1 N–H and O–H groups in total. The third kappa shape index (κ3) is 3.89. The van der Waals surface area contributed by atoms with Gasteiger partial charge in [0.25, 0.3) is 0 Å². The van der Waals surface area contributed by atoms with Crippen LogP contribution in [0.1, 0.15) is 19.4 Å². The number of rotatable bonds is 7. The Balaban J connectivity index is 1.34. The normalized spacial score (nSPS) is 17.9. The Morgan fingerprint density at radius 3 is 2.57 bits per heavy atom. The second-order valence-corrected chi connectivity index (χ2v) is 9.83. The second kappa shape index (κ2) is 8.28. The standard InChI is InChI=1S/C22H27N3O4S/c1-3-29-19-10-8-18(9-11-19)23-22(26)16(2)24-14-20(15-24)30(27,28)25-13-12-17-6-4-5-7-21(17)25/h4-11,16,20H,3,12-15H2,1-2H3,(H,23,26)/t16-/m0/s1. The number of carbonyl (C=O) groups excluding carboxylic acids is 1. The quantitative estimate of drug-likeness (QED) is 0.732. The van der Waals surface area contributed by atoms with Gasteiger partial charge in [-0.3, -0.25) is 14.0 Å². The Labute approximate surface area is 177 Å². The number of nitrogens with zero attached hydrogens (tertiary/aromatic N) is 2. The van der Waals surface area contributed by atoms with Crippen molar-refractivity contribution in [2.75, 3.05) is 35.9 Å². The van der Waals surface area contributed by atoms with Gasteiger partial charge in [0.05, 0.1) is 18.3 Å². The molecule has 2 heterocycles. The molecule has 2 aliphatic heterocycles. The summed E-state index contributed by atoms with van der Waals surface area (Å²) in [6, 6.07) is 14.4. The van der Waals surface area contributed by atoms with E-state index in [9.17, 15) is 13.2 Å². The molecule has 0 bridgehead atoms. The number of nitrogens with one attached hydrogen (secondary N) is 1. The zero-order valence-corrected chi connectivity index (χ0v) is 18.1. The fourth-order valence-corrected chi connectivity index (χ4v) is 5.86. The Morgan fingerprint density at radius 2 is 1.87 bits per heavy atom. The molecule has 0 aliphatic carbocycles. The minimum Gasteiger partial charge on any atom is -0.494 e. The summed E-state index contributed by atoms with van der Waals surface area (Å²) in [5.74, 6) is 0.601. The largest absolute Gasteiger partial charge is 0.494 e. The van der Waals surface area contributed by atoms with Gasteiger partial charge in [0, 0.05) is 25.3 Å². The molecule has 0 saturated carbocycles. The molecule has 0 unspecified atom stereocenters. The highest BCUT2D eigenvalue weighted by atomic mass is 32.2. The van der Waals surface area contributed by atoms with Crippen LogP contribution in [0.25, 0.3) is 0 Å². The highest BCUT2D eigenvalue weighted by molar-refractivity contribution is 7.93. The summed E-state index contributed by atoms with van der Waals surface area (Å²) in [7, 11) is -3.43. The minimum absolute atomic E-state index is 0.151. The Bertz CT molecular complexity index is 1020. The van der Waals surface area contributed by atoms with Crippen molar-refractivity contribution >= 4 is 27.3 Å². The first-order chi connectivity index (χ1) is 14.4. The van der Waals surface area contributed by atoms with Crippen molar-refractivity contribution in [3.05, 3.63) is 54.1 Å². The van der Waals surface area contributed by atoms with E-state index < -0.39 is 21.3 Å². The molecule has 1 saturated heterocycles. The lowest BCUT2D eigenvalue weighted by Crippen LogP contribution is -2.62. The number of hydrogen-bond acceptors (Lipinski definition) is 5. The first-order valence-corrected chi connectivity index (χ1v) is 11.8. The molecule has 160 valence electrons. The lowest BCUT2D eigenvalue weighted by molar-refractivity contribution is -0.121. The van der Waals surface area contributed by atoms with Gasteiger partial charge < -0.3 is 10.1 Å². The molecule has 1 amide bonds. The lowest BCUT2D eigenvalue weighted by Gasteiger charge is -2.43. The Morgan fingerprint density at radius 1 is 1.17 bits per heavy atom. The number of sulfonamides is 1. The maximum atomic E-state index is 13.1. The average molecular weight is 430 g/mol. The van der Waals surface area contributed by atoms with Crippen molar-refractivity contribution in [2.24, 2.45) is 0 Å². The molecule has 8 heteroatoms. The van der Waals surface area contributed by atoms with E-state index in [4.69, 9.17) is 4.74 Å². The first kappa shape index (κ1) is 20.7. The second-order valence-electron chi connectivity index (χ2n) is 7.69. The van der Waals surface area contributed by atoms with Crippen molar-refractivity contribution in [3.8, 4) is 5.75 Å². The monoisotopic (exact) mass is 429 g/mol. The van der Waals surface area contributed by atoms with Gasteiger partial charge in [0.1, 0.15) is 11.0 Å². The zero-order chi connectivity index (χ0) is 21.3. The SMILES string of the molecule is CCOc1ccc(NC(=O)[C@H](C)N2CC(S(=O)(=O)N3CCc4ccccc43)C2)cc1. The number of fused-ring (bicyclic) bond motifs is 1. The zero-order valence-electron chi connectivity index (χ0n) is 17.2. The number of amides is 1. The van der Waals surface area contributed by atoms with Crippen molar-refractivity contribution in [1.29, 1.82) is 0 Å². The van der Waals surface area contributed by atoms with E-state index in [1.54, 1.807) is 19.1 Å². The predicted octanol–water partition coefficient (Wildman–Crippen LogP) is 2.49. The van der Waals surface area contributed by atoms with Crippen LogP contribution in [0.2, 0.25) is 0 Å². The number of hydrogen-bond donors (Lipinski definition) is 1. The first-order valence-electron chi connectivity index (χ1n) is 10.3. The van der Waals surface area contributed by atoms with E-state index in [0.29, 0.717) is 31.9 Å². The predicted molar refractivity (Wildman–Crippen MR) is 117 cm³/mol. The highest BCUT2D eigenvalue weighted by Gasteiger charge is 2.45. The molecule has 0 radical (unpaired) electrons. The Hall–Kier alpha value is -2.58. The molecule has 2 aliphatic rings. The number of carbonyl (C=O) groups is 1. The summed E-state index contributed by atoms with van der Waals surface area (Å²) in [6.45, 7) is 5.52. The number of likely N-dealkylation sites (tertiary alicyclic amines) is 1. The molecule has 2 aromatic carbocycles. The van der Waals surface area contributed by atoms with Crippen LogP contribution in [0.4, 0.5) is 11.4 Å². The molecular weight excluding hydrogens is 402 g/mol. The summed E-state index contributed by atoms with van der Waals surface area (Å²) in [5.41, 5.74) is 2.55. The van der Waals surface area contributed by atoms with Crippen molar-refractivity contribution in [2.45, 2.75) is 31.6 Å². The maximum Gasteiger partial charge on any atom is 0.241 e. The number of para-hydroxylation sites is 1. The average Bonchev–Trinajstić information content (AvgIpc) is 3.13. The fraction of sp³-hybridized carbons (Fsp3) is 0.409. The summed E-state index contributed by atoms with van der Waals surface area (Å²) in [4.78, 5) is 14.5. The summed E-state index contributed by atoms with van der Waals surface area (Å²) < 4.78 is 33.1. The maximum absolute atomic E-state index is 13.1. The van der Waals surface area contributed by atoms with E-state index in [1.807, 2.05) is 48.2 Å². The van der Waals surface area contributed by atoms with Gasteiger partial charge in [0.15, 0.2) is 0 Å². The number of ether oxygens (including phenoxy) is 1. The number of anilines is 2. The van der Waals surface area contributed by atoms with Crippen LogP contribution in [0.5, 0.6) is 5.75 Å². The van der Waals surface area contributed by atoms with Crippen molar-refractivity contribution in [3.63, 3.8) is 0 Å².